The van der Waals surface area contributed by atoms with Crippen LogP contribution >= 0.6 is 11.8 Å². The number of thioether (sulfide) groups is 1. The summed E-state index contributed by atoms with van der Waals surface area (Å²) in [6.45, 7) is 5.58. The highest BCUT2D eigenvalue weighted by atomic mass is 32.2. The zero-order valence-electron chi connectivity index (χ0n) is 14.1. The van der Waals surface area contributed by atoms with Crippen molar-refractivity contribution in [3.8, 4) is 0 Å². The topological polar surface area (TPSA) is 62.5 Å². The van der Waals surface area contributed by atoms with Crippen molar-refractivity contribution in [1.82, 2.24) is 24.6 Å². The van der Waals surface area contributed by atoms with Gasteiger partial charge in [-0.3, -0.25) is 9.20 Å². The molecule has 130 valence electrons. The van der Waals surface area contributed by atoms with Crippen molar-refractivity contribution in [2.75, 3.05) is 31.1 Å². The molecular formula is C17H25N5OS. The highest BCUT2D eigenvalue weighted by Crippen LogP contribution is 2.16. The quantitative estimate of drug-likeness (QED) is 0.741. The lowest BCUT2D eigenvalue weighted by molar-refractivity contribution is -0.119. The maximum Gasteiger partial charge on any atom is 0.233 e. The smallest absolute Gasteiger partial charge is 0.233 e. The summed E-state index contributed by atoms with van der Waals surface area (Å²) in [7, 11) is 0. The first-order chi connectivity index (χ1) is 11.8. The van der Waals surface area contributed by atoms with Crippen LogP contribution in [0.2, 0.25) is 0 Å². The van der Waals surface area contributed by atoms with Gasteiger partial charge in [-0.2, -0.15) is 11.8 Å². The molecule has 1 fully saturated rings. The third-order valence-corrected chi connectivity index (χ3v) is 5.28. The van der Waals surface area contributed by atoms with Gasteiger partial charge in [0.1, 0.15) is 0 Å². The second kappa shape index (κ2) is 8.48. The number of amides is 1. The van der Waals surface area contributed by atoms with E-state index in [-0.39, 0.29) is 11.9 Å². The molecule has 1 N–H and O–H groups in total. The van der Waals surface area contributed by atoms with Gasteiger partial charge in [0.05, 0.1) is 17.5 Å². The number of carbonyl (C=O) groups excluding carboxylic acids is 1. The predicted molar refractivity (Wildman–Crippen MR) is 97.2 cm³/mol. The first kappa shape index (κ1) is 17.2. The molecule has 0 aromatic carbocycles. The van der Waals surface area contributed by atoms with Crippen LogP contribution in [0.3, 0.4) is 0 Å². The molecule has 1 atom stereocenters. The van der Waals surface area contributed by atoms with Gasteiger partial charge in [-0.25, -0.2) is 9.97 Å². The molecular weight excluding hydrogens is 322 g/mol. The number of rotatable bonds is 8. The lowest BCUT2D eigenvalue weighted by Crippen LogP contribution is -2.30. The number of carbonyl (C=O) groups is 1. The van der Waals surface area contributed by atoms with Crippen molar-refractivity contribution < 1.29 is 4.79 Å². The summed E-state index contributed by atoms with van der Waals surface area (Å²) in [5, 5.41) is 3.10. The van der Waals surface area contributed by atoms with E-state index in [2.05, 4.69) is 27.1 Å². The number of hydrogen-bond acceptors (Lipinski definition) is 5. The number of aromatic nitrogens is 3. The Kier molecular flexibility index (Phi) is 6.09. The summed E-state index contributed by atoms with van der Waals surface area (Å²) < 4.78 is 1.88. The minimum absolute atomic E-state index is 0.0571. The van der Waals surface area contributed by atoms with E-state index in [4.69, 9.17) is 0 Å². The lowest BCUT2D eigenvalue weighted by atomic mass is 10.2. The molecule has 0 saturated carbocycles. The van der Waals surface area contributed by atoms with Crippen LogP contribution in [-0.2, 0) is 4.79 Å². The van der Waals surface area contributed by atoms with E-state index in [1.54, 1.807) is 18.0 Å². The normalized spacial score (nSPS) is 16.5. The Morgan fingerprint density at radius 3 is 3.00 bits per heavy atom. The van der Waals surface area contributed by atoms with Crippen LogP contribution in [0.1, 0.15) is 37.9 Å². The Hall–Kier alpha value is -1.60. The third-order valence-electron chi connectivity index (χ3n) is 4.34. The molecule has 6 nitrogen and oxygen atoms in total. The van der Waals surface area contributed by atoms with Gasteiger partial charge in [0.15, 0.2) is 0 Å². The second-order valence-electron chi connectivity index (χ2n) is 6.12. The Balaban J connectivity index is 1.46. The number of hydrogen-bond donors (Lipinski definition) is 1. The number of nitrogens with one attached hydrogen (secondary N) is 1. The Morgan fingerprint density at radius 2 is 2.25 bits per heavy atom. The van der Waals surface area contributed by atoms with E-state index in [1.807, 2.05) is 22.9 Å². The van der Waals surface area contributed by atoms with E-state index in [0.29, 0.717) is 11.5 Å². The van der Waals surface area contributed by atoms with Gasteiger partial charge >= 0.3 is 0 Å². The molecule has 0 unspecified atom stereocenters. The van der Waals surface area contributed by atoms with Gasteiger partial charge in [0.2, 0.25) is 11.7 Å². The Morgan fingerprint density at radius 1 is 1.42 bits per heavy atom. The van der Waals surface area contributed by atoms with Crippen LogP contribution in [0.15, 0.2) is 24.7 Å². The summed E-state index contributed by atoms with van der Waals surface area (Å²) >= 11 is 1.71. The molecule has 7 heteroatoms. The van der Waals surface area contributed by atoms with Crippen molar-refractivity contribution in [1.29, 1.82) is 0 Å². The maximum absolute atomic E-state index is 12.2. The zero-order chi connectivity index (χ0) is 16.8. The van der Waals surface area contributed by atoms with E-state index < -0.39 is 0 Å². The standard InChI is InChI=1S/C17H25N5OS/c1-2-14(15-12-22-9-5-6-18-17(22)20-15)19-16(23)13-24-11-10-21-7-3-4-8-21/h5-6,9,12,14H,2-4,7-8,10-11,13H2,1H3,(H,19,23)/t14-/m0/s1. The van der Waals surface area contributed by atoms with Crippen LogP contribution in [0.25, 0.3) is 5.78 Å². The van der Waals surface area contributed by atoms with Crippen LogP contribution in [0.5, 0.6) is 0 Å². The van der Waals surface area contributed by atoms with E-state index in [0.717, 1.165) is 24.4 Å². The molecule has 3 heterocycles. The molecule has 1 amide bonds. The maximum atomic E-state index is 12.2. The van der Waals surface area contributed by atoms with Gasteiger partial charge in [-0.15, -0.1) is 0 Å². The van der Waals surface area contributed by atoms with Gasteiger partial charge in [0.25, 0.3) is 0 Å². The molecule has 0 bridgehead atoms. The summed E-state index contributed by atoms with van der Waals surface area (Å²) in [5.41, 5.74) is 0.867. The van der Waals surface area contributed by atoms with Crippen molar-refractivity contribution in [3.63, 3.8) is 0 Å². The third kappa shape index (κ3) is 4.48. The highest BCUT2D eigenvalue weighted by molar-refractivity contribution is 7.99. The monoisotopic (exact) mass is 347 g/mol. The number of likely N-dealkylation sites (tertiary alicyclic amines) is 1. The van der Waals surface area contributed by atoms with E-state index >= 15 is 0 Å². The first-order valence-electron chi connectivity index (χ1n) is 8.65. The van der Waals surface area contributed by atoms with Crippen LogP contribution in [0.4, 0.5) is 0 Å². The van der Waals surface area contributed by atoms with Gasteiger partial charge in [-0.05, 0) is 38.4 Å². The van der Waals surface area contributed by atoms with Crippen LogP contribution < -0.4 is 5.32 Å². The number of fused-ring (bicyclic) bond motifs is 1. The molecule has 24 heavy (non-hydrogen) atoms. The SMILES string of the molecule is CC[C@H](NC(=O)CSCCN1CCCC1)c1cn2cccnc2n1. The average molecular weight is 347 g/mol. The van der Waals surface area contributed by atoms with Crippen molar-refractivity contribution in [2.45, 2.75) is 32.2 Å². The Labute approximate surface area is 147 Å². The predicted octanol–water partition coefficient (Wildman–Crippen LogP) is 2.13. The van der Waals surface area contributed by atoms with E-state index in [1.165, 1.54) is 25.9 Å². The molecule has 3 rings (SSSR count). The minimum atomic E-state index is -0.0571. The largest absolute Gasteiger partial charge is 0.347 e. The average Bonchev–Trinajstić information content (AvgIpc) is 3.25. The van der Waals surface area contributed by atoms with Crippen LogP contribution in [0, 0.1) is 0 Å². The van der Waals surface area contributed by atoms with Crippen molar-refractivity contribution >= 4 is 23.4 Å². The molecule has 1 saturated heterocycles. The van der Waals surface area contributed by atoms with Gasteiger partial charge < -0.3 is 10.2 Å². The van der Waals surface area contributed by atoms with Crippen molar-refractivity contribution in [2.24, 2.45) is 0 Å². The summed E-state index contributed by atoms with van der Waals surface area (Å²) in [5.74, 6) is 2.27. The molecule has 0 aliphatic carbocycles. The highest BCUT2D eigenvalue weighted by Gasteiger charge is 2.16. The molecule has 1 aliphatic rings. The fraction of sp³-hybridized carbons (Fsp3) is 0.588. The van der Waals surface area contributed by atoms with Crippen LogP contribution in [-0.4, -0.2) is 56.3 Å². The minimum Gasteiger partial charge on any atom is -0.347 e. The molecule has 2 aromatic heterocycles. The second-order valence-corrected chi connectivity index (χ2v) is 7.23. The first-order valence-corrected chi connectivity index (χ1v) is 9.81. The fourth-order valence-electron chi connectivity index (χ4n) is 3.00. The molecule has 0 radical (unpaired) electrons. The molecule has 2 aromatic rings. The summed E-state index contributed by atoms with van der Waals surface area (Å²) in [6.07, 6.45) is 9.03. The summed E-state index contributed by atoms with van der Waals surface area (Å²) in [4.78, 5) is 23.4. The molecule has 1 aliphatic heterocycles. The molecule has 0 spiro atoms. The summed E-state index contributed by atoms with van der Waals surface area (Å²) in [6, 6.07) is 1.81. The van der Waals surface area contributed by atoms with Crippen molar-refractivity contribution in [3.05, 3.63) is 30.4 Å². The lowest BCUT2D eigenvalue weighted by Gasteiger charge is -2.16. The number of nitrogens with zero attached hydrogens (tertiary/aromatic N) is 4. The Bertz CT molecular complexity index is 635. The zero-order valence-corrected chi connectivity index (χ0v) is 15.0. The fourth-order valence-corrected chi connectivity index (χ4v) is 3.80. The van der Waals surface area contributed by atoms with E-state index in [9.17, 15) is 4.79 Å². The number of imidazole rings is 1. The van der Waals surface area contributed by atoms with Gasteiger partial charge in [-0.1, -0.05) is 6.92 Å². The van der Waals surface area contributed by atoms with Gasteiger partial charge in [0, 0.05) is 30.9 Å².